The topological polar surface area (TPSA) is 27.7 Å². The summed E-state index contributed by atoms with van der Waals surface area (Å²) in [5.74, 6) is 0. The third-order valence-electron chi connectivity index (χ3n) is 4.18. The SMILES string of the molecule is CCCCCCCCCCCCC[Si](OCC)(OCC)OCC.[SiH4]. The second-order valence-corrected chi connectivity index (χ2v) is 9.00. The van der Waals surface area contributed by atoms with Crippen molar-refractivity contribution in [3.63, 3.8) is 0 Å². The van der Waals surface area contributed by atoms with Gasteiger partial charge in [0.15, 0.2) is 0 Å². The minimum atomic E-state index is -2.39. The lowest BCUT2D eigenvalue weighted by atomic mass is 10.1. The van der Waals surface area contributed by atoms with Gasteiger partial charge in [0.25, 0.3) is 0 Å². The molecule has 0 heterocycles. The van der Waals surface area contributed by atoms with Crippen molar-refractivity contribution < 1.29 is 13.3 Å². The Kier molecular flexibility index (Phi) is 21.7. The van der Waals surface area contributed by atoms with Crippen LogP contribution in [0.1, 0.15) is 98.3 Å². The first-order chi connectivity index (χ1) is 11.2. The van der Waals surface area contributed by atoms with Crippen LogP contribution in [0.4, 0.5) is 0 Å². The second kappa shape index (κ2) is 19.6. The van der Waals surface area contributed by atoms with E-state index in [2.05, 4.69) is 6.92 Å². The van der Waals surface area contributed by atoms with Gasteiger partial charge in [-0.1, -0.05) is 71.1 Å². The fourth-order valence-electron chi connectivity index (χ4n) is 3.01. The van der Waals surface area contributed by atoms with E-state index < -0.39 is 8.80 Å². The van der Waals surface area contributed by atoms with Gasteiger partial charge in [0.1, 0.15) is 0 Å². The van der Waals surface area contributed by atoms with E-state index in [0.717, 1.165) is 6.04 Å². The molecule has 0 atom stereocenters. The summed E-state index contributed by atoms with van der Waals surface area (Å²) in [5.41, 5.74) is 0. The zero-order chi connectivity index (χ0) is 17.2. The molecule has 0 rings (SSSR count). The minimum absolute atomic E-state index is 0. The molecule has 0 aromatic carbocycles. The molecule has 0 aliphatic heterocycles. The summed E-state index contributed by atoms with van der Waals surface area (Å²) >= 11 is 0. The van der Waals surface area contributed by atoms with Crippen LogP contribution in [0.5, 0.6) is 0 Å². The van der Waals surface area contributed by atoms with Crippen molar-refractivity contribution in [1.29, 1.82) is 0 Å². The fraction of sp³-hybridized carbons (Fsp3) is 1.00. The van der Waals surface area contributed by atoms with E-state index in [-0.39, 0.29) is 11.0 Å². The highest BCUT2D eigenvalue weighted by molar-refractivity contribution is 6.60. The molecule has 0 aliphatic carbocycles. The van der Waals surface area contributed by atoms with Crippen molar-refractivity contribution >= 4 is 19.8 Å². The van der Waals surface area contributed by atoms with Crippen LogP contribution in [0.25, 0.3) is 0 Å². The van der Waals surface area contributed by atoms with Crippen LogP contribution in [-0.4, -0.2) is 39.6 Å². The van der Waals surface area contributed by atoms with E-state index in [1.165, 1.54) is 70.6 Å². The van der Waals surface area contributed by atoms with Gasteiger partial charge in [0.05, 0.1) is 0 Å². The largest absolute Gasteiger partial charge is 0.500 e. The molecule has 0 radical (unpaired) electrons. The van der Waals surface area contributed by atoms with Crippen molar-refractivity contribution in [3.05, 3.63) is 0 Å². The lowest BCUT2D eigenvalue weighted by Crippen LogP contribution is -2.45. The Labute approximate surface area is 157 Å². The van der Waals surface area contributed by atoms with Crippen LogP contribution in [0.3, 0.4) is 0 Å². The van der Waals surface area contributed by atoms with Crippen LogP contribution in [0, 0.1) is 0 Å². The lowest BCUT2D eigenvalue weighted by molar-refractivity contribution is 0.0706. The first-order valence-corrected chi connectivity index (χ1v) is 12.1. The Balaban J connectivity index is 0. The maximum absolute atomic E-state index is 5.90. The Morgan fingerprint density at radius 3 is 1.17 bits per heavy atom. The molecule has 0 fully saturated rings. The molecule has 3 nitrogen and oxygen atoms in total. The summed E-state index contributed by atoms with van der Waals surface area (Å²) in [6.45, 7) is 10.4. The van der Waals surface area contributed by atoms with Gasteiger partial charge in [-0.05, 0) is 38.2 Å². The Morgan fingerprint density at radius 2 is 0.833 bits per heavy atom. The van der Waals surface area contributed by atoms with Gasteiger partial charge in [-0.25, -0.2) is 0 Å². The van der Waals surface area contributed by atoms with E-state index in [1.807, 2.05) is 20.8 Å². The summed E-state index contributed by atoms with van der Waals surface area (Å²) in [6.07, 6.45) is 15.0. The van der Waals surface area contributed by atoms with Crippen LogP contribution in [-0.2, 0) is 13.3 Å². The molecule has 0 spiro atoms. The van der Waals surface area contributed by atoms with Crippen molar-refractivity contribution in [1.82, 2.24) is 0 Å². The standard InChI is InChI=1S/C19H42O3Si.H4Si/c1-5-9-10-11-12-13-14-15-16-17-18-19-23(20-6-2,21-7-3)22-8-4;/h5-19H2,1-4H3;1H4. The molecule has 0 aromatic heterocycles. The lowest BCUT2D eigenvalue weighted by Gasteiger charge is -2.28. The molecule has 0 saturated heterocycles. The highest BCUT2D eigenvalue weighted by atomic mass is 28.4. The monoisotopic (exact) mass is 378 g/mol. The predicted molar refractivity (Wildman–Crippen MR) is 113 cm³/mol. The molecule has 148 valence electrons. The van der Waals surface area contributed by atoms with Gasteiger partial charge < -0.3 is 13.3 Å². The van der Waals surface area contributed by atoms with Crippen molar-refractivity contribution in [3.8, 4) is 0 Å². The van der Waals surface area contributed by atoms with Gasteiger partial charge in [-0.3, -0.25) is 0 Å². The number of hydrogen-bond donors (Lipinski definition) is 0. The Hall–Kier alpha value is 0.314. The molecule has 5 heteroatoms. The fourth-order valence-corrected chi connectivity index (χ4v) is 5.69. The smallest absolute Gasteiger partial charge is 0.374 e. The van der Waals surface area contributed by atoms with E-state index >= 15 is 0 Å². The summed E-state index contributed by atoms with van der Waals surface area (Å²) in [5, 5.41) is 0. The second-order valence-electron chi connectivity index (χ2n) is 6.27. The quantitative estimate of drug-likeness (QED) is 0.251. The molecule has 0 amide bonds. The van der Waals surface area contributed by atoms with Crippen LogP contribution in [0.15, 0.2) is 0 Å². The number of hydrogen-bond acceptors (Lipinski definition) is 3. The first kappa shape index (κ1) is 26.5. The first-order valence-electron chi connectivity index (χ1n) is 10.2. The van der Waals surface area contributed by atoms with Gasteiger partial charge in [-0.15, -0.1) is 0 Å². The number of unbranched alkanes of at least 4 members (excludes halogenated alkanes) is 10. The maximum atomic E-state index is 5.90. The van der Waals surface area contributed by atoms with Crippen LogP contribution < -0.4 is 0 Å². The molecule has 0 saturated carbocycles. The van der Waals surface area contributed by atoms with Crippen LogP contribution >= 0.6 is 0 Å². The zero-order valence-corrected chi connectivity index (χ0v) is 17.3. The van der Waals surface area contributed by atoms with E-state index in [9.17, 15) is 0 Å². The molecular formula is C19H46O3Si2. The molecule has 0 N–H and O–H groups in total. The van der Waals surface area contributed by atoms with Crippen molar-refractivity contribution in [2.24, 2.45) is 0 Å². The minimum Gasteiger partial charge on any atom is -0.374 e. The van der Waals surface area contributed by atoms with E-state index in [1.54, 1.807) is 0 Å². The maximum Gasteiger partial charge on any atom is 0.500 e. The highest BCUT2D eigenvalue weighted by Gasteiger charge is 2.39. The third-order valence-corrected chi connectivity index (χ3v) is 7.33. The summed E-state index contributed by atoms with van der Waals surface area (Å²) < 4.78 is 17.7. The average molecular weight is 379 g/mol. The Morgan fingerprint density at radius 1 is 0.500 bits per heavy atom. The summed E-state index contributed by atoms with van der Waals surface area (Å²) in [7, 11) is -2.39. The van der Waals surface area contributed by atoms with Gasteiger partial charge in [0.2, 0.25) is 0 Å². The normalized spacial score (nSPS) is 11.5. The molecule has 0 unspecified atom stereocenters. The van der Waals surface area contributed by atoms with Gasteiger partial charge >= 0.3 is 8.80 Å². The van der Waals surface area contributed by atoms with Crippen molar-refractivity contribution in [2.45, 2.75) is 104 Å². The van der Waals surface area contributed by atoms with E-state index in [4.69, 9.17) is 13.3 Å². The van der Waals surface area contributed by atoms with Gasteiger partial charge in [0, 0.05) is 25.9 Å². The summed E-state index contributed by atoms with van der Waals surface area (Å²) in [6, 6.07) is 0.972. The molecule has 0 aliphatic rings. The van der Waals surface area contributed by atoms with Gasteiger partial charge in [-0.2, -0.15) is 0 Å². The number of rotatable bonds is 18. The summed E-state index contributed by atoms with van der Waals surface area (Å²) in [4.78, 5) is 0. The van der Waals surface area contributed by atoms with E-state index in [0.29, 0.717) is 19.8 Å². The predicted octanol–water partition coefficient (Wildman–Crippen LogP) is 4.89. The highest BCUT2D eigenvalue weighted by Crippen LogP contribution is 2.21. The molecular weight excluding hydrogens is 332 g/mol. The van der Waals surface area contributed by atoms with Crippen molar-refractivity contribution in [2.75, 3.05) is 19.8 Å². The zero-order valence-electron chi connectivity index (χ0n) is 16.3. The molecule has 0 bridgehead atoms. The molecule has 24 heavy (non-hydrogen) atoms. The molecule has 0 aromatic rings. The Bertz CT molecular complexity index is 224. The average Bonchev–Trinajstić information content (AvgIpc) is 2.53. The van der Waals surface area contributed by atoms with Crippen LogP contribution in [0.2, 0.25) is 6.04 Å². The third kappa shape index (κ3) is 14.6.